The summed E-state index contributed by atoms with van der Waals surface area (Å²) in [6, 6.07) is 0. The number of unbranched alkanes of at least 4 members (excludes halogenated alkanes) is 1. The van der Waals surface area contributed by atoms with E-state index in [9.17, 15) is 0 Å². The molecule has 0 aliphatic rings. The molecule has 0 amide bonds. The molecule has 76 valence electrons. The minimum Gasteiger partial charge on any atom is -0.380 e. The van der Waals surface area contributed by atoms with Crippen molar-refractivity contribution in [3.8, 4) is 0 Å². The third-order valence-electron chi connectivity index (χ3n) is 1.83. The van der Waals surface area contributed by atoms with Gasteiger partial charge in [-0.1, -0.05) is 13.3 Å². The molecule has 0 atom stereocenters. The number of aliphatic imine (C=N–C) groups is 1. The maximum absolute atomic E-state index is 4.31. The molecule has 13 heavy (non-hydrogen) atoms. The van der Waals surface area contributed by atoms with Gasteiger partial charge in [0.2, 0.25) is 0 Å². The van der Waals surface area contributed by atoms with Gasteiger partial charge in [-0.15, -0.1) is 0 Å². The second kappa shape index (κ2) is 6.70. The predicted octanol–water partition coefficient (Wildman–Crippen LogP) is 3.06. The first kappa shape index (κ1) is 12.2. The molecule has 0 radical (unpaired) electrons. The van der Waals surface area contributed by atoms with Crippen molar-refractivity contribution in [3.05, 3.63) is 11.9 Å². The first-order valence-corrected chi connectivity index (χ1v) is 4.95. The SMILES string of the molecule is CCCC/C(=C\N=C(C)C)N(C)C. The van der Waals surface area contributed by atoms with E-state index in [-0.39, 0.29) is 0 Å². The molecule has 0 heterocycles. The zero-order valence-corrected chi connectivity index (χ0v) is 9.59. The minimum absolute atomic E-state index is 1.11. The van der Waals surface area contributed by atoms with E-state index in [4.69, 9.17) is 0 Å². The fourth-order valence-corrected chi connectivity index (χ4v) is 0.965. The van der Waals surface area contributed by atoms with Crippen LogP contribution in [0.25, 0.3) is 0 Å². The summed E-state index contributed by atoms with van der Waals surface area (Å²) in [6.07, 6.45) is 5.58. The Morgan fingerprint density at radius 3 is 2.31 bits per heavy atom. The molecule has 0 aliphatic carbocycles. The van der Waals surface area contributed by atoms with Crippen LogP contribution < -0.4 is 0 Å². The third kappa shape index (κ3) is 6.38. The molecule has 0 fully saturated rings. The topological polar surface area (TPSA) is 15.6 Å². The van der Waals surface area contributed by atoms with Crippen molar-refractivity contribution >= 4 is 5.71 Å². The Morgan fingerprint density at radius 2 is 1.92 bits per heavy atom. The van der Waals surface area contributed by atoms with Gasteiger partial charge < -0.3 is 4.90 Å². The third-order valence-corrected chi connectivity index (χ3v) is 1.83. The second-order valence-electron chi connectivity index (χ2n) is 3.69. The van der Waals surface area contributed by atoms with Crippen LogP contribution in [-0.4, -0.2) is 24.7 Å². The molecule has 0 spiro atoms. The highest BCUT2D eigenvalue weighted by atomic mass is 15.1. The molecule has 2 heteroatoms. The standard InChI is InChI=1S/C11H22N2/c1-6-7-8-11(13(4)5)9-12-10(2)3/h9H,6-8H2,1-5H3/b11-9+. The predicted molar refractivity (Wildman–Crippen MR) is 60.1 cm³/mol. The molecule has 0 N–H and O–H groups in total. The van der Waals surface area contributed by atoms with Gasteiger partial charge in [-0.2, -0.15) is 0 Å². The molecule has 0 aliphatic heterocycles. The Morgan fingerprint density at radius 1 is 1.31 bits per heavy atom. The van der Waals surface area contributed by atoms with Crippen LogP contribution >= 0.6 is 0 Å². The number of hydrogen-bond acceptors (Lipinski definition) is 2. The van der Waals surface area contributed by atoms with Crippen LogP contribution in [0.4, 0.5) is 0 Å². The largest absolute Gasteiger partial charge is 0.380 e. The Bertz CT molecular complexity index is 186. The highest BCUT2D eigenvalue weighted by Crippen LogP contribution is 2.09. The molecule has 0 saturated heterocycles. The van der Waals surface area contributed by atoms with Crippen LogP contribution in [0, 0.1) is 0 Å². The molecule has 0 aromatic heterocycles. The quantitative estimate of drug-likeness (QED) is 0.597. The summed E-state index contributed by atoms with van der Waals surface area (Å²) >= 11 is 0. The average molecular weight is 182 g/mol. The maximum Gasteiger partial charge on any atom is 0.0458 e. The summed E-state index contributed by atoms with van der Waals surface area (Å²) in [6.45, 7) is 6.24. The molecule has 0 aromatic rings. The van der Waals surface area contributed by atoms with Crippen molar-refractivity contribution in [1.29, 1.82) is 0 Å². The van der Waals surface area contributed by atoms with E-state index in [1.807, 2.05) is 20.0 Å². The lowest BCUT2D eigenvalue weighted by molar-refractivity contribution is 0.477. The molecular weight excluding hydrogens is 160 g/mol. The first-order chi connectivity index (χ1) is 6.07. The number of hydrogen-bond donors (Lipinski definition) is 0. The van der Waals surface area contributed by atoms with Gasteiger partial charge in [-0.3, -0.25) is 4.99 Å². The van der Waals surface area contributed by atoms with Crippen LogP contribution in [0.15, 0.2) is 16.9 Å². The van der Waals surface area contributed by atoms with E-state index in [2.05, 4.69) is 30.9 Å². The molecule has 0 saturated carbocycles. The van der Waals surface area contributed by atoms with Crippen molar-refractivity contribution < 1.29 is 0 Å². The maximum atomic E-state index is 4.31. The van der Waals surface area contributed by atoms with Crippen LogP contribution in [0.2, 0.25) is 0 Å². The first-order valence-electron chi connectivity index (χ1n) is 4.95. The van der Waals surface area contributed by atoms with Gasteiger partial charge >= 0.3 is 0 Å². The Kier molecular flexibility index (Phi) is 6.29. The summed E-state index contributed by atoms with van der Waals surface area (Å²) in [5.41, 5.74) is 2.42. The van der Waals surface area contributed by atoms with Crippen molar-refractivity contribution in [2.75, 3.05) is 14.1 Å². The van der Waals surface area contributed by atoms with Crippen molar-refractivity contribution in [2.45, 2.75) is 40.0 Å². The lowest BCUT2D eigenvalue weighted by Gasteiger charge is -2.15. The molecule has 0 rings (SSSR count). The summed E-state index contributed by atoms with van der Waals surface area (Å²) in [4.78, 5) is 6.45. The minimum atomic E-state index is 1.11. The van der Waals surface area contributed by atoms with E-state index < -0.39 is 0 Å². The Labute approximate surface area is 82.4 Å². The highest BCUT2D eigenvalue weighted by molar-refractivity contribution is 5.79. The smallest absolute Gasteiger partial charge is 0.0458 e. The van der Waals surface area contributed by atoms with Gasteiger partial charge in [-0.25, -0.2) is 0 Å². The van der Waals surface area contributed by atoms with Gasteiger partial charge in [0.1, 0.15) is 0 Å². The number of allylic oxidation sites excluding steroid dienone is 1. The van der Waals surface area contributed by atoms with Gasteiger partial charge in [0.25, 0.3) is 0 Å². The normalized spacial score (nSPS) is 11.3. The number of nitrogens with zero attached hydrogens (tertiary/aromatic N) is 2. The zero-order valence-electron chi connectivity index (χ0n) is 9.59. The summed E-state index contributed by atoms with van der Waals surface area (Å²) in [5, 5.41) is 0. The van der Waals surface area contributed by atoms with Crippen molar-refractivity contribution in [1.82, 2.24) is 4.90 Å². The average Bonchev–Trinajstić information content (AvgIpc) is 2.03. The lowest BCUT2D eigenvalue weighted by atomic mass is 10.2. The van der Waals surface area contributed by atoms with E-state index in [1.54, 1.807) is 0 Å². The fraction of sp³-hybridized carbons (Fsp3) is 0.727. The van der Waals surface area contributed by atoms with E-state index in [0.29, 0.717) is 0 Å². The van der Waals surface area contributed by atoms with Gasteiger partial charge in [0, 0.05) is 31.7 Å². The van der Waals surface area contributed by atoms with Crippen molar-refractivity contribution in [3.63, 3.8) is 0 Å². The van der Waals surface area contributed by atoms with Crippen molar-refractivity contribution in [2.24, 2.45) is 4.99 Å². The fourth-order valence-electron chi connectivity index (χ4n) is 0.965. The van der Waals surface area contributed by atoms with Crippen LogP contribution in [0.1, 0.15) is 40.0 Å². The Balaban J connectivity index is 4.24. The monoisotopic (exact) mass is 182 g/mol. The summed E-state index contributed by atoms with van der Waals surface area (Å²) in [7, 11) is 4.14. The van der Waals surface area contributed by atoms with Gasteiger partial charge in [-0.05, 0) is 26.7 Å². The molecule has 0 unspecified atom stereocenters. The van der Waals surface area contributed by atoms with E-state index >= 15 is 0 Å². The lowest BCUT2D eigenvalue weighted by Crippen LogP contribution is -2.10. The van der Waals surface area contributed by atoms with Crippen LogP contribution in [0.3, 0.4) is 0 Å². The van der Waals surface area contributed by atoms with E-state index in [0.717, 1.165) is 12.1 Å². The second-order valence-corrected chi connectivity index (χ2v) is 3.69. The Hall–Kier alpha value is -0.790. The van der Waals surface area contributed by atoms with Gasteiger partial charge in [0.15, 0.2) is 0 Å². The number of rotatable bonds is 5. The van der Waals surface area contributed by atoms with Gasteiger partial charge in [0.05, 0.1) is 0 Å². The molecule has 0 bridgehead atoms. The summed E-state index contributed by atoms with van der Waals surface area (Å²) in [5.74, 6) is 0. The van der Waals surface area contributed by atoms with E-state index in [1.165, 1.54) is 18.5 Å². The highest BCUT2D eigenvalue weighted by Gasteiger charge is 1.97. The zero-order chi connectivity index (χ0) is 10.3. The van der Waals surface area contributed by atoms with Crippen LogP contribution in [-0.2, 0) is 0 Å². The van der Waals surface area contributed by atoms with Crippen LogP contribution in [0.5, 0.6) is 0 Å². The molecule has 2 nitrogen and oxygen atoms in total. The molecular formula is C11H22N2. The molecule has 0 aromatic carbocycles. The summed E-state index contributed by atoms with van der Waals surface area (Å²) < 4.78 is 0.